The van der Waals surface area contributed by atoms with E-state index in [4.69, 9.17) is 0 Å². The van der Waals surface area contributed by atoms with E-state index in [2.05, 4.69) is 20.3 Å². The normalized spacial score (nSPS) is 10.4. The standard InChI is InChI=1S/C10H15N3O3S2/c1-6(2)9-12-13-10(18-9)11-7(14)4-17-5-8(15)16-3/h6H,4-5H2,1-3H3,(H,11,13,14). The molecule has 18 heavy (non-hydrogen) atoms. The molecule has 1 N–H and O–H groups in total. The van der Waals surface area contributed by atoms with Crippen molar-refractivity contribution < 1.29 is 14.3 Å². The Morgan fingerprint density at radius 1 is 1.39 bits per heavy atom. The highest BCUT2D eigenvalue weighted by atomic mass is 32.2. The van der Waals surface area contributed by atoms with Crippen LogP contribution < -0.4 is 5.32 Å². The molecule has 1 heterocycles. The van der Waals surface area contributed by atoms with Gasteiger partial charge < -0.3 is 4.74 Å². The number of esters is 1. The van der Waals surface area contributed by atoms with Crippen LogP contribution in [0, 0.1) is 0 Å². The Kier molecular flexibility index (Phi) is 6.06. The predicted molar refractivity (Wildman–Crippen MR) is 72.0 cm³/mol. The van der Waals surface area contributed by atoms with E-state index in [0.29, 0.717) is 11.0 Å². The van der Waals surface area contributed by atoms with E-state index >= 15 is 0 Å². The van der Waals surface area contributed by atoms with Crippen LogP contribution in [0.15, 0.2) is 0 Å². The molecule has 6 nitrogen and oxygen atoms in total. The number of hydrogen-bond acceptors (Lipinski definition) is 7. The first-order valence-electron chi connectivity index (χ1n) is 5.30. The topological polar surface area (TPSA) is 81.2 Å². The molecule has 0 saturated carbocycles. The van der Waals surface area contributed by atoms with Gasteiger partial charge in [0.05, 0.1) is 18.6 Å². The van der Waals surface area contributed by atoms with Crippen molar-refractivity contribution in [1.82, 2.24) is 10.2 Å². The molecule has 0 spiro atoms. The molecule has 0 saturated heterocycles. The fourth-order valence-corrected chi connectivity index (χ4v) is 2.37. The molecule has 0 aliphatic heterocycles. The Morgan fingerprint density at radius 3 is 2.67 bits per heavy atom. The van der Waals surface area contributed by atoms with Crippen molar-refractivity contribution in [2.24, 2.45) is 0 Å². The summed E-state index contributed by atoms with van der Waals surface area (Å²) in [5.41, 5.74) is 0. The third-order valence-corrected chi connectivity index (χ3v) is 3.91. The zero-order chi connectivity index (χ0) is 13.5. The van der Waals surface area contributed by atoms with Gasteiger partial charge in [-0.1, -0.05) is 25.2 Å². The number of nitrogens with zero attached hydrogens (tertiary/aromatic N) is 2. The van der Waals surface area contributed by atoms with Gasteiger partial charge in [-0.25, -0.2) is 0 Å². The van der Waals surface area contributed by atoms with Crippen molar-refractivity contribution in [2.45, 2.75) is 19.8 Å². The largest absolute Gasteiger partial charge is 0.468 e. The number of thioether (sulfide) groups is 1. The van der Waals surface area contributed by atoms with E-state index in [0.717, 1.165) is 5.01 Å². The van der Waals surface area contributed by atoms with Crippen LogP contribution in [0.3, 0.4) is 0 Å². The summed E-state index contributed by atoms with van der Waals surface area (Å²) in [5, 5.41) is 11.8. The molecule has 1 aromatic heterocycles. The molecule has 8 heteroatoms. The molecule has 0 fully saturated rings. The first-order chi connectivity index (χ1) is 8.52. The summed E-state index contributed by atoms with van der Waals surface area (Å²) in [7, 11) is 1.32. The number of carbonyl (C=O) groups excluding carboxylic acids is 2. The van der Waals surface area contributed by atoms with Gasteiger partial charge in [-0.3, -0.25) is 14.9 Å². The number of nitrogens with one attached hydrogen (secondary N) is 1. The predicted octanol–water partition coefficient (Wildman–Crippen LogP) is 1.51. The Bertz CT molecular complexity index is 420. The summed E-state index contributed by atoms with van der Waals surface area (Å²) in [6, 6.07) is 0. The van der Waals surface area contributed by atoms with Crippen LogP contribution in [0.25, 0.3) is 0 Å². The van der Waals surface area contributed by atoms with Crippen molar-refractivity contribution in [3.8, 4) is 0 Å². The van der Waals surface area contributed by atoms with Crippen molar-refractivity contribution >= 4 is 40.1 Å². The molecule has 0 atom stereocenters. The SMILES string of the molecule is COC(=O)CSCC(=O)Nc1nnc(C(C)C)s1. The lowest BCUT2D eigenvalue weighted by Gasteiger charge is -2.00. The number of methoxy groups -OCH3 is 1. The smallest absolute Gasteiger partial charge is 0.315 e. The van der Waals surface area contributed by atoms with Gasteiger partial charge in [-0.05, 0) is 0 Å². The van der Waals surface area contributed by atoms with Gasteiger partial charge in [0.15, 0.2) is 0 Å². The summed E-state index contributed by atoms with van der Waals surface area (Å²) in [5.74, 6) is 0.103. The third kappa shape index (κ3) is 5.01. The number of ether oxygens (including phenoxy) is 1. The van der Waals surface area contributed by atoms with Crippen molar-refractivity contribution in [2.75, 3.05) is 23.9 Å². The molecule has 0 aliphatic rings. The minimum Gasteiger partial charge on any atom is -0.468 e. The summed E-state index contributed by atoms with van der Waals surface area (Å²) < 4.78 is 4.47. The van der Waals surface area contributed by atoms with E-state index in [1.54, 1.807) is 0 Å². The number of anilines is 1. The second kappa shape index (κ2) is 7.32. The molecule has 1 amide bonds. The lowest BCUT2D eigenvalue weighted by molar-refractivity contribution is -0.137. The maximum atomic E-state index is 11.5. The number of hydrogen-bond donors (Lipinski definition) is 1. The number of rotatable bonds is 6. The third-order valence-electron chi connectivity index (χ3n) is 1.86. The van der Waals surface area contributed by atoms with Gasteiger partial charge in [0.1, 0.15) is 5.01 Å². The Labute approximate surface area is 114 Å². The van der Waals surface area contributed by atoms with Gasteiger partial charge >= 0.3 is 5.97 Å². The van der Waals surface area contributed by atoms with Crippen molar-refractivity contribution in [1.29, 1.82) is 0 Å². The lowest BCUT2D eigenvalue weighted by atomic mass is 10.2. The quantitative estimate of drug-likeness (QED) is 0.799. The number of aromatic nitrogens is 2. The lowest BCUT2D eigenvalue weighted by Crippen LogP contribution is -2.15. The first-order valence-corrected chi connectivity index (χ1v) is 7.28. The second-order valence-electron chi connectivity index (χ2n) is 3.72. The van der Waals surface area contributed by atoms with Crippen LogP contribution in [-0.2, 0) is 14.3 Å². The van der Waals surface area contributed by atoms with Crippen LogP contribution in [0.2, 0.25) is 0 Å². The maximum absolute atomic E-state index is 11.5. The zero-order valence-electron chi connectivity index (χ0n) is 10.4. The minimum atomic E-state index is -0.342. The summed E-state index contributed by atoms with van der Waals surface area (Å²) >= 11 is 2.55. The Balaban J connectivity index is 2.33. The van der Waals surface area contributed by atoms with Crippen LogP contribution in [-0.4, -0.2) is 40.7 Å². The van der Waals surface area contributed by atoms with Crippen molar-refractivity contribution in [3.05, 3.63) is 5.01 Å². The molecule has 1 aromatic rings. The molecule has 0 unspecified atom stereocenters. The van der Waals surface area contributed by atoms with Gasteiger partial charge in [0.25, 0.3) is 0 Å². The molecule has 1 rings (SSSR count). The highest BCUT2D eigenvalue weighted by Crippen LogP contribution is 2.22. The fraction of sp³-hybridized carbons (Fsp3) is 0.600. The average Bonchev–Trinajstić information content (AvgIpc) is 2.77. The van der Waals surface area contributed by atoms with E-state index in [-0.39, 0.29) is 23.4 Å². The Hall–Kier alpha value is -1.15. The van der Waals surface area contributed by atoms with Gasteiger partial charge in [0.2, 0.25) is 11.0 Å². The first kappa shape index (κ1) is 14.9. The average molecular weight is 289 g/mol. The molecule has 0 aromatic carbocycles. The van der Waals surface area contributed by atoms with Crippen LogP contribution in [0.1, 0.15) is 24.8 Å². The van der Waals surface area contributed by atoms with E-state index < -0.39 is 0 Å². The van der Waals surface area contributed by atoms with E-state index in [1.165, 1.54) is 30.2 Å². The monoisotopic (exact) mass is 289 g/mol. The van der Waals surface area contributed by atoms with Crippen molar-refractivity contribution in [3.63, 3.8) is 0 Å². The molecule has 0 aliphatic carbocycles. The van der Waals surface area contributed by atoms with Gasteiger partial charge in [-0.2, -0.15) is 0 Å². The summed E-state index contributed by atoms with van der Waals surface area (Å²) in [6.07, 6.45) is 0. The van der Waals surface area contributed by atoms with Crippen LogP contribution in [0.4, 0.5) is 5.13 Å². The zero-order valence-corrected chi connectivity index (χ0v) is 12.1. The maximum Gasteiger partial charge on any atom is 0.315 e. The summed E-state index contributed by atoms with van der Waals surface area (Å²) in [4.78, 5) is 22.4. The fourth-order valence-electron chi connectivity index (χ4n) is 0.960. The number of amides is 1. The molecular formula is C10H15N3O3S2. The van der Waals surface area contributed by atoms with E-state index in [9.17, 15) is 9.59 Å². The molecule has 0 bridgehead atoms. The second-order valence-corrected chi connectivity index (χ2v) is 5.71. The highest BCUT2D eigenvalue weighted by molar-refractivity contribution is 8.00. The van der Waals surface area contributed by atoms with E-state index in [1.807, 2.05) is 13.8 Å². The molecule has 0 radical (unpaired) electrons. The van der Waals surface area contributed by atoms with Gasteiger partial charge in [-0.15, -0.1) is 22.0 Å². The summed E-state index contributed by atoms with van der Waals surface area (Å²) in [6.45, 7) is 4.02. The number of carbonyl (C=O) groups is 2. The Morgan fingerprint density at radius 2 is 2.11 bits per heavy atom. The van der Waals surface area contributed by atoms with Crippen LogP contribution in [0.5, 0.6) is 0 Å². The minimum absolute atomic E-state index is 0.164. The van der Waals surface area contributed by atoms with Crippen LogP contribution >= 0.6 is 23.1 Å². The molecule has 100 valence electrons. The van der Waals surface area contributed by atoms with Gasteiger partial charge in [0, 0.05) is 5.92 Å². The molecular weight excluding hydrogens is 274 g/mol. The highest BCUT2D eigenvalue weighted by Gasteiger charge is 2.11.